The van der Waals surface area contributed by atoms with E-state index in [2.05, 4.69) is 27.0 Å². The zero-order valence-electron chi connectivity index (χ0n) is 15.5. The standard InChI is InChI=1S/C19H23N5O3/c1-23-17(25)12-27-14-11-24(15-10-16(26-2)22-18(20)21-15)9-8-19(14,23)13-6-4-3-5-7-13/h3-7,10,14H,8-9,11-12H2,1-2H3,(H2,20,21,22)/t14-,19+/m1/s1. The van der Waals surface area contributed by atoms with E-state index < -0.39 is 5.54 Å². The molecule has 1 amide bonds. The molecule has 0 spiro atoms. The summed E-state index contributed by atoms with van der Waals surface area (Å²) in [5.41, 5.74) is 6.42. The monoisotopic (exact) mass is 369 g/mol. The van der Waals surface area contributed by atoms with E-state index in [9.17, 15) is 4.79 Å². The van der Waals surface area contributed by atoms with Gasteiger partial charge in [-0.1, -0.05) is 30.3 Å². The quantitative estimate of drug-likeness (QED) is 0.863. The lowest BCUT2D eigenvalue weighted by atomic mass is 9.76. The summed E-state index contributed by atoms with van der Waals surface area (Å²) < 4.78 is 11.2. The van der Waals surface area contributed by atoms with Crippen molar-refractivity contribution in [2.24, 2.45) is 0 Å². The molecule has 0 radical (unpaired) electrons. The second kappa shape index (κ2) is 6.70. The molecular formula is C19H23N5O3. The number of rotatable bonds is 3. The third-order valence-electron chi connectivity index (χ3n) is 5.58. The molecule has 2 N–H and O–H groups in total. The van der Waals surface area contributed by atoms with E-state index in [1.807, 2.05) is 30.1 Å². The van der Waals surface area contributed by atoms with Gasteiger partial charge in [-0.05, 0) is 12.0 Å². The Kier molecular flexibility index (Phi) is 4.35. The van der Waals surface area contributed by atoms with Gasteiger partial charge in [0.05, 0.1) is 12.6 Å². The summed E-state index contributed by atoms with van der Waals surface area (Å²) in [5.74, 6) is 1.29. The fraction of sp³-hybridized carbons (Fsp3) is 0.421. The first kappa shape index (κ1) is 17.5. The molecule has 0 aliphatic carbocycles. The van der Waals surface area contributed by atoms with Crippen LogP contribution in [0.1, 0.15) is 12.0 Å². The molecule has 1 aromatic heterocycles. The van der Waals surface area contributed by atoms with E-state index in [0.29, 0.717) is 24.8 Å². The molecule has 3 heterocycles. The number of nitrogens with zero attached hydrogens (tertiary/aromatic N) is 4. The lowest BCUT2D eigenvalue weighted by Gasteiger charge is -2.55. The molecule has 0 bridgehead atoms. The van der Waals surface area contributed by atoms with Crippen molar-refractivity contribution in [3.8, 4) is 5.88 Å². The minimum absolute atomic E-state index is 0.00324. The molecular weight excluding hydrogens is 346 g/mol. The predicted octanol–water partition coefficient (Wildman–Crippen LogP) is 1.03. The van der Waals surface area contributed by atoms with E-state index in [0.717, 1.165) is 12.0 Å². The second-order valence-electron chi connectivity index (χ2n) is 6.87. The number of anilines is 2. The van der Waals surface area contributed by atoms with Gasteiger partial charge in [-0.2, -0.15) is 9.97 Å². The highest BCUT2D eigenvalue weighted by molar-refractivity contribution is 5.79. The van der Waals surface area contributed by atoms with Gasteiger partial charge in [0, 0.05) is 26.2 Å². The third-order valence-corrected chi connectivity index (χ3v) is 5.58. The molecule has 8 heteroatoms. The first-order valence-corrected chi connectivity index (χ1v) is 8.92. The minimum Gasteiger partial charge on any atom is -0.481 e. The van der Waals surface area contributed by atoms with Crippen LogP contribution in [-0.4, -0.2) is 60.7 Å². The Morgan fingerprint density at radius 3 is 2.81 bits per heavy atom. The summed E-state index contributed by atoms with van der Waals surface area (Å²) in [7, 11) is 3.42. The normalized spacial score (nSPS) is 25.3. The van der Waals surface area contributed by atoms with Gasteiger partial charge in [0.2, 0.25) is 17.7 Å². The fourth-order valence-electron chi connectivity index (χ4n) is 4.13. The number of nitrogen functional groups attached to an aromatic ring is 1. The molecule has 2 aliphatic heterocycles. The predicted molar refractivity (Wildman–Crippen MR) is 100 cm³/mol. The number of benzene rings is 1. The summed E-state index contributed by atoms with van der Waals surface area (Å²) in [4.78, 5) is 24.8. The van der Waals surface area contributed by atoms with Crippen LogP contribution >= 0.6 is 0 Å². The Balaban J connectivity index is 1.69. The smallest absolute Gasteiger partial charge is 0.249 e. The molecule has 2 saturated heterocycles. The van der Waals surface area contributed by atoms with Gasteiger partial charge in [-0.3, -0.25) is 4.79 Å². The minimum atomic E-state index is -0.490. The zero-order valence-corrected chi connectivity index (χ0v) is 15.5. The fourth-order valence-corrected chi connectivity index (χ4v) is 4.13. The van der Waals surface area contributed by atoms with Crippen LogP contribution in [0.15, 0.2) is 36.4 Å². The molecule has 4 rings (SSSR count). The second-order valence-corrected chi connectivity index (χ2v) is 6.87. The molecule has 2 atom stereocenters. The number of methoxy groups -OCH3 is 1. The van der Waals surface area contributed by atoms with Crippen molar-refractivity contribution in [2.75, 3.05) is 44.5 Å². The molecule has 8 nitrogen and oxygen atoms in total. The molecule has 1 aromatic carbocycles. The molecule has 2 aliphatic rings. The van der Waals surface area contributed by atoms with Crippen LogP contribution in [0.3, 0.4) is 0 Å². The summed E-state index contributed by atoms with van der Waals surface area (Å²) in [6, 6.07) is 11.9. The van der Waals surface area contributed by atoms with Crippen molar-refractivity contribution in [3.63, 3.8) is 0 Å². The van der Waals surface area contributed by atoms with Gasteiger partial charge in [0.15, 0.2) is 0 Å². The van der Waals surface area contributed by atoms with Gasteiger partial charge in [-0.15, -0.1) is 0 Å². The van der Waals surface area contributed by atoms with Crippen LogP contribution in [0.5, 0.6) is 5.88 Å². The van der Waals surface area contributed by atoms with Crippen molar-refractivity contribution in [1.82, 2.24) is 14.9 Å². The zero-order chi connectivity index (χ0) is 19.0. The highest BCUT2D eigenvalue weighted by atomic mass is 16.5. The van der Waals surface area contributed by atoms with Gasteiger partial charge < -0.3 is 25.0 Å². The van der Waals surface area contributed by atoms with Gasteiger partial charge in [0.1, 0.15) is 18.5 Å². The van der Waals surface area contributed by atoms with E-state index in [4.69, 9.17) is 15.2 Å². The molecule has 27 heavy (non-hydrogen) atoms. The Morgan fingerprint density at radius 2 is 2.07 bits per heavy atom. The van der Waals surface area contributed by atoms with Gasteiger partial charge in [0.25, 0.3) is 0 Å². The number of fused-ring (bicyclic) bond motifs is 1. The van der Waals surface area contributed by atoms with Crippen molar-refractivity contribution in [1.29, 1.82) is 0 Å². The number of aromatic nitrogens is 2. The third kappa shape index (κ3) is 2.86. The van der Waals surface area contributed by atoms with Gasteiger partial charge in [-0.25, -0.2) is 0 Å². The number of likely N-dealkylation sites (N-methyl/N-ethyl adjacent to an activating group) is 1. The SMILES string of the molecule is COc1cc(N2CC[C@]3(c4ccccc4)[C@@H](C2)OCC(=O)N3C)nc(N)n1. The number of hydrogen-bond acceptors (Lipinski definition) is 7. The number of amides is 1. The van der Waals surface area contributed by atoms with Crippen molar-refractivity contribution in [3.05, 3.63) is 42.0 Å². The van der Waals surface area contributed by atoms with Crippen LogP contribution in [-0.2, 0) is 15.1 Å². The Hall–Kier alpha value is -2.87. The van der Waals surface area contributed by atoms with E-state index >= 15 is 0 Å². The van der Waals surface area contributed by atoms with Crippen LogP contribution in [0.4, 0.5) is 11.8 Å². The van der Waals surface area contributed by atoms with E-state index in [1.165, 1.54) is 0 Å². The van der Waals surface area contributed by atoms with E-state index in [1.54, 1.807) is 13.2 Å². The highest BCUT2D eigenvalue weighted by Gasteiger charge is 2.52. The van der Waals surface area contributed by atoms with Gasteiger partial charge >= 0.3 is 0 Å². The maximum absolute atomic E-state index is 12.4. The van der Waals surface area contributed by atoms with Crippen molar-refractivity contribution in [2.45, 2.75) is 18.1 Å². The number of carbonyl (C=O) groups is 1. The van der Waals surface area contributed by atoms with Crippen molar-refractivity contribution >= 4 is 17.7 Å². The summed E-state index contributed by atoms with van der Waals surface area (Å²) >= 11 is 0. The lowest BCUT2D eigenvalue weighted by Crippen LogP contribution is -2.67. The first-order valence-electron chi connectivity index (χ1n) is 8.92. The highest BCUT2D eigenvalue weighted by Crippen LogP contribution is 2.43. The summed E-state index contributed by atoms with van der Waals surface area (Å²) in [6.07, 6.45) is 0.536. The average Bonchev–Trinajstić information content (AvgIpc) is 2.70. The number of morpholine rings is 1. The summed E-state index contributed by atoms with van der Waals surface area (Å²) in [5, 5.41) is 0. The average molecular weight is 369 g/mol. The van der Waals surface area contributed by atoms with E-state index in [-0.39, 0.29) is 24.6 Å². The molecule has 2 aromatic rings. The molecule has 0 unspecified atom stereocenters. The van der Waals surface area contributed by atoms with Crippen LogP contribution in [0, 0.1) is 0 Å². The Labute approximate surface area is 157 Å². The maximum Gasteiger partial charge on any atom is 0.249 e. The number of hydrogen-bond donors (Lipinski definition) is 1. The van der Waals surface area contributed by atoms with Crippen LogP contribution < -0.4 is 15.4 Å². The molecule has 2 fully saturated rings. The maximum atomic E-state index is 12.4. The first-order chi connectivity index (χ1) is 13.0. The molecule has 0 saturated carbocycles. The lowest BCUT2D eigenvalue weighted by molar-refractivity contribution is -0.173. The Morgan fingerprint density at radius 1 is 1.30 bits per heavy atom. The van der Waals surface area contributed by atoms with Crippen molar-refractivity contribution < 1.29 is 14.3 Å². The molecule has 142 valence electrons. The number of ether oxygens (including phenoxy) is 2. The van der Waals surface area contributed by atoms with Crippen LogP contribution in [0.2, 0.25) is 0 Å². The topological polar surface area (TPSA) is 93.8 Å². The summed E-state index contributed by atoms with van der Waals surface area (Å²) in [6.45, 7) is 1.37. The Bertz CT molecular complexity index is 846. The number of piperidine rings is 1. The van der Waals surface area contributed by atoms with Crippen LogP contribution in [0.25, 0.3) is 0 Å². The number of carbonyl (C=O) groups excluding carboxylic acids is 1. The largest absolute Gasteiger partial charge is 0.481 e. The number of nitrogens with two attached hydrogens (primary N) is 1.